The molecule has 124 valence electrons. The normalized spacial score (nSPS) is 30.8. The third-order valence-corrected chi connectivity index (χ3v) is 6.94. The van der Waals surface area contributed by atoms with Gasteiger partial charge in [0.1, 0.15) is 0 Å². The van der Waals surface area contributed by atoms with E-state index in [0.717, 1.165) is 32.5 Å². The highest BCUT2D eigenvalue weighted by Crippen LogP contribution is 2.49. The fourth-order valence-electron chi connectivity index (χ4n) is 4.55. The molecule has 2 aromatic carbocycles. The minimum atomic E-state index is -0.612. The van der Waals surface area contributed by atoms with Crippen molar-refractivity contribution in [2.24, 2.45) is 5.92 Å². The van der Waals surface area contributed by atoms with Crippen LogP contribution in [-0.4, -0.2) is 41.8 Å². The van der Waals surface area contributed by atoms with Crippen molar-refractivity contribution >= 4 is 23.1 Å². The van der Waals surface area contributed by atoms with Crippen LogP contribution >= 0.6 is 11.8 Å². The van der Waals surface area contributed by atoms with Crippen molar-refractivity contribution in [3.8, 4) is 0 Å². The Kier molecular flexibility index (Phi) is 3.40. The van der Waals surface area contributed by atoms with E-state index in [4.69, 9.17) is 0 Å². The van der Waals surface area contributed by atoms with Crippen molar-refractivity contribution in [2.45, 2.75) is 28.2 Å². The molecule has 0 aliphatic carbocycles. The molecule has 6 rings (SSSR count). The van der Waals surface area contributed by atoms with Crippen molar-refractivity contribution in [1.29, 1.82) is 0 Å². The summed E-state index contributed by atoms with van der Waals surface area (Å²) in [6.07, 6.45) is 2.25. The molecule has 0 spiro atoms. The summed E-state index contributed by atoms with van der Waals surface area (Å²) in [6, 6.07) is 17.1. The van der Waals surface area contributed by atoms with Crippen LogP contribution < -0.4 is 4.90 Å². The summed E-state index contributed by atoms with van der Waals surface area (Å²) in [5.41, 5.74) is 1.84. The average Bonchev–Trinajstić information content (AvgIpc) is 2.62. The molecule has 1 atom stereocenters. The molecule has 4 heterocycles. The predicted octanol–water partition coefficient (Wildman–Crippen LogP) is 3.75. The van der Waals surface area contributed by atoms with Crippen LogP contribution in [0.2, 0.25) is 0 Å². The summed E-state index contributed by atoms with van der Waals surface area (Å²) >= 11 is 1.83. The number of piperidine rings is 3. The molecular formula is C20H22N2OS. The van der Waals surface area contributed by atoms with Crippen LogP contribution in [0.4, 0.5) is 11.4 Å². The molecule has 0 aromatic heterocycles. The highest BCUT2D eigenvalue weighted by atomic mass is 32.2. The Balaban J connectivity index is 1.56. The van der Waals surface area contributed by atoms with Gasteiger partial charge in [-0.2, -0.15) is 0 Å². The number of nitrogens with zero attached hydrogens (tertiary/aromatic N) is 2. The average molecular weight is 338 g/mol. The van der Waals surface area contributed by atoms with Gasteiger partial charge in [-0.25, -0.2) is 0 Å². The SMILES string of the molecule is O[C@]1(CN2c3ccccc3Sc3ccccc32)CN2CCC1CC2. The van der Waals surface area contributed by atoms with Gasteiger partial charge in [-0.05, 0) is 56.1 Å². The summed E-state index contributed by atoms with van der Waals surface area (Å²) in [7, 11) is 0. The molecular weight excluding hydrogens is 316 g/mol. The zero-order valence-electron chi connectivity index (χ0n) is 13.7. The fraction of sp³-hybridized carbons (Fsp3) is 0.400. The zero-order valence-corrected chi connectivity index (χ0v) is 14.5. The Morgan fingerprint density at radius 2 is 1.54 bits per heavy atom. The van der Waals surface area contributed by atoms with E-state index in [2.05, 4.69) is 58.3 Å². The monoisotopic (exact) mass is 338 g/mol. The van der Waals surface area contributed by atoms with Crippen LogP contribution in [0.3, 0.4) is 0 Å². The van der Waals surface area contributed by atoms with Crippen LogP contribution in [-0.2, 0) is 0 Å². The van der Waals surface area contributed by atoms with Crippen molar-refractivity contribution < 1.29 is 5.11 Å². The van der Waals surface area contributed by atoms with Gasteiger partial charge in [0.2, 0.25) is 0 Å². The summed E-state index contributed by atoms with van der Waals surface area (Å²) in [4.78, 5) is 7.33. The topological polar surface area (TPSA) is 26.7 Å². The molecule has 4 heteroatoms. The fourth-order valence-corrected chi connectivity index (χ4v) is 5.64. The Labute approximate surface area is 147 Å². The lowest BCUT2D eigenvalue weighted by molar-refractivity contribution is -0.104. The van der Waals surface area contributed by atoms with E-state index in [9.17, 15) is 5.11 Å². The predicted molar refractivity (Wildman–Crippen MR) is 98.1 cm³/mol. The second-order valence-electron chi connectivity index (χ2n) is 7.28. The maximum Gasteiger partial charge on any atom is 0.0980 e. The first kappa shape index (κ1) is 14.8. The van der Waals surface area contributed by atoms with Crippen LogP contribution in [0.25, 0.3) is 0 Å². The van der Waals surface area contributed by atoms with Crippen molar-refractivity contribution in [3.05, 3.63) is 48.5 Å². The van der Waals surface area contributed by atoms with Crippen LogP contribution in [0.5, 0.6) is 0 Å². The number of aliphatic hydroxyl groups is 1. The molecule has 3 saturated heterocycles. The van der Waals surface area contributed by atoms with E-state index < -0.39 is 5.60 Å². The first-order chi connectivity index (χ1) is 11.7. The van der Waals surface area contributed by atoms with Gasteiger partial charge in [-0.15, -0.1) is 0 Å². The van der Waals surface area contributed by atoms with Crippen LogP contribution in [0.1, 0.15) is 12.8 Å². The lowest BCUT2D eigenvalue weighted by Gasteiger charge is -2.52. The number of β-amino-alcohol motifs (C(OH)–C–C–N with tert-alkyl or cyclic N) is 1. The van der Waals surface area contributed by atoms with Crippen LogP contribution in [0, 0.1) is 5.92 Å². The molecule has 4 aliphatic heterocycles. The van der Waals surface area contributed by atoms with Crippen molar-refractivity contribution in [3.63, 3.8) is 0 Å². The lowest BCUT2D eigenvalue weighted by atomic mass is 9.75. The molecule has 0 saturated carbocycles. The first-order valence-electron chi connectivity index (χ1n) is 8.81. The minimum Gasteiger partial charge on any atom is -0.386 e. The van der Waals surface area contributed by atoms with E-state index in [1.807, 2.05) is 11.8 Å². The van der Waals surface area contributed by atoms with Gasteiger partial charge < -0.3 is 14.9 Å². The number of hydrogen-bond donors (Lipinski definition) is 1. The second kappa shape index (κ2) is 5.51. The first-order valence-corrected chi connectivity index (χ1v) is 9.63. The molecule has 0 amide bonds. The highest BCUT2D eigenvalue weighted by molar-refractivity contribution is 7.99. The molecule has 1 N–H and O–H groups in total. The van der Waals surface area contributed by atoms with E-state index in [0.29, 0.717) is 12.5 Å². The summed E-state index contributed by atoms with van der Waals surface area (Å²) < 4.78 is 0. The van der Waals surface area contributed by atoms with Gasteiger partial charge in [-0.3, -0.25) is 0 Å². The van der Waals surface area contributed by atoms with Crippen LogP contribution in [0.15, 0.2) is 58.3 Å². The van der Waals surface area contributed by atoms with Gasteiger partial charge in [0, 0.05) is 16.3 Å². The zero-order chi connectivity index (χ0) is 16.1. The Morgan fingerprint density at radius 3 is 2.08 bits per heavy atom. The molecule has 3 fully saturated rings. The number of hydrogen-bond acceptors (Lipinski definition) is 4. The second-order valence-corrected chi connectivity index (χ2v) is 8.36. The molecule has 0 radical (unpaired) electrons. The van der Waals surface area contributed by atoms with Gasteiger partial charge in [-0.1, -0.05) is 36.0 Å². The van der Waals surface area contributed by atoms with E-state index in [-0.39, 0.29) is 0 Å². The minimum absolute atomic E-state index is 0.427. The number of benzene rings is 2. The number of rotatable bonds is 2. The Morgan fingerprint density at radius 1 is 0.958 bits per heavy atom. The van der Waals surface area contributed by atoms with Crippen molar-refractivity contribution in [1.82, 2.24) is 4.90 Å². The number of anilines is 2. The summed E-state index contributed by atoms with van der Waals surface area (Å²) in [5, 5.41) is 11.5. The quantitative estimate of drug-likeness (QED) is 0.902. The Hall–Kier alpha value is -1.49. The molecule has 24 heavy (non-hydrogen) atoms. The maximum absolute atomic E-state index is 11.5. The van der Waals surface area contributed by atoms with Gasteiger partial charge in [0.05, 0.1) is 23.5 Å². The standard InChI is InChI=1S/C20H22N2OS/c23-20(13-21-11-9-15(20)10-12-21)14-22-16-5-1-3-7-18(16)24-19-8-4-2-6-17(19)22/h1-8,15,23H,9-14H2/t20-/m0/s1. The third kappa shape index (κ3) is 2.28. The molecule has 2 aromatic rings. The van der Waals surface area contributed by atoms with Gasteiger partial charge in [0.15, 0.2) is 0 Å². The summed E-state index contributed by atoms with van der Waals surface area (Å²) in [6.45, 7) is 3.79. The van der Waals surface area contributed by atoms with Crippen molar-refractivity contribution in [2.75, 3.05) is 31.1 Å². The Bertz CT molecular complexity index is 726. The third-order valence-electron chi connectivity index (χ3n) is 5.81. The van der Waals surface area contributed by atoms with E-state index in [1.165, 1.54) is 21.2 Å². The molecule has 2 bridgehead atoms. The smallest absolute Gasteiger partial charge is 0.0980 e. The van der Waals surface area contributed by atoms with E-state index >= 15 is 0 Å². The molecule has 3 nitrogen and oxygen atoms in total. The number of para-hydroxylation sites is 2. The molecule has 4 aliphatic rings. The van der Waals surface area contributed by atoms with Gasteiger partial charge >= 0.3 is 0 Å². The molecule has 0 unspecified atom stereocenters. The number of fused-ring (bicyclic) bond motifs is 5. The lowest BCUT2D eigenvalue weighted by Crippen LogP contribution is -2.63. The maximum atomic E-state index is 11.5. The summed E-state index contributed by atoms with van der Waals surface area (Å²) in [5.74, 6) is 0.427. The highest BCUT2D eigenvalue weighted by Gasteiger charge is 2.47. The largest absolute Gasteiger partial charge is 0.386 e. The van der Waals surface area contributed by atoms with Gasteiger partial charge in [0.25, 0.3) is 0 Å². The van der Waals surface area contributed by atoms with E-state index in [1.54, 1.807) is 0 Å².